The minimum Gasteiger partial charge on any atom is -0.392 e. The van der Waals surface area contributed by atoms with E-state index in [4.69, 9.17) is 17.3 Å². The van der Waals surface area contributed by atoms with E-state index < -0.39 is 0 Å². The van der Waals surface area contributed by atoms with E-state index in [9.17, 15) is 0 Å². The summed E-state index contributed by atoms with van der Waals surface area (Å²) in [6.45, 7) is 2.16. The third-order valence-corrected chi connectivity index (χ3v) is 5.62. The predicted octanol–water partition coefficient (Wildman–Crippen LogP) is 4.01. The maximum absolute atomic E-state index is 8.95. The van der Waals surface area contributed by atoms with Crippen molar-refractivity contribution in [3.63, 3.8) is 0 Å². The van der Waals surface area contributed by atoms with Crippen LogP contribution in [0.15, 0.2) is 24.3 Å². The van der Waals surface area contributed by atoms with Crippen molar-refractivity contribution in [2.75, 3.05) is 0 Å². The fraction of sp³-hybridized carbons (Fsp3) is 0.182. The molecule has 1 aromatic carbocycles. The molecule has 0 radical (unpaired) electrons. The Bertz CT molecular complexity index is 507. The van der Waals surface area contributed by atoms with Crippen molar-refractivity contribution in [2.24, 2.45) is 0 Å². The quantitative estimate of drug-likeness (QED) is 0.645. The number of rotatable bonds is 2. The molecule has 0 aliphatic carbocycles. The number of aliphatic hydroxyl groups is 1. The summed E-state index contributed by atoms with van der Waals surface area (Å²) in [7, 11) is 3.36. The van der Waals surface area contributed by atoms with Gasteiger partial charge < -0.3 is 5.11 Å². The van der Waals surface area contributed by atoms with Crippen molar-refractivity contribution in [3.8, 4) is 10.4 Å². The predicted molar refractivity (Wildman–Crippen MR) is 69.1 cm³/mol. The van der Waals surface area contributed by atoms with Gasteiger partial charge in [0, 0.05) is 0 Å². The molecular weight excluding hydrogens is 244 g/mol. The molecule has 0 fully saturated rings. The molecule has 0 aliphatic rings. The molecule has 1 heterocycles. The van der Waals surface area contributed by atoms with E-state index in [1.807, 2.05) is 24.3 Å². The second kappa shape index (κ2) is 4.53. The number of hydrogen-bond acceptors (Lipinski definition) is 4. The van der Waals surface area contributed by atoms with Gasteiger partial charge in [-0.15, -0.1) is 0 Å². The monoisotopic (exact) mass is 254 g/mol. The summed E-state index contributed by atoms with van der Waals surface area (Å²) >= 11 is 5.21. The van der Waals surface area contributed by atoms with Crippen LogP contribution in [-0.4, -0.2) is 5.11 Å². The molecule has 0 amide bonds. The minimum atomic E-state index is 0.0958. The summed E-state index contributed by atoms with van der Waals surface area (Å²) in [5, 5.41) is 8.95. The van der Waals surface area contributed by atoms with E-state index >= 15 is 0 Å². The van der Waals surface area contributed by atoms with Crippen LogP contribution in [0.5, 0.6) is 0 Å². The molecule has 1 N–H and O–H groups in total. The highest BCUT2D eigenvalue weighted by molar-refractivity contribution is 7.80. The Morgan fingerprint density at radius 2 is 1.87 bits per heavy atom. The molecular formula is C11H10OS3. The summed E-state index contributed by atoms with van der Waals surface area (Å²) < 4.78 is 0.973. The van der Waals surface area contributed by atoms with Crippen LogP contribution in [0.25, 0.3) is 10.4 Å². The third kappa shape index (κ3) is 2.18. The Morgan fingerprint density at radius 3 is 2.33 bits per heavy atom. The normalized spacial score (nSPS) is 10.5. The van der Waals surface area contributed by atoms with Crippen molar-refractivity contribution in [3.05, 3.63) is 39.2 Å². The highest BCUT2D eigenvalue weighted by Gasteiger charge is 2.05. The van der Waals surface area contributed by atoms with Crippen molar-refractivity contribution in [2.45, 2.75) is 13.5 Å². The lowest BCUT2D eigenvalue weighted by Gasteiger charge is -2.00. The van der Waals surface area contributed by atoms with Crippen LogP contribution in [0.4, 0.5) is 0 Å². The molecule has 0 aliphatic heterocycles. The van der Waals surface area contributed by atoms with Gasteiger partial charge in [0.1, 0.15) is 3.82 Å². The summed E-state index contributed by atoms with van der Waals surface area (Å²) in [6.07, 6.45) is 0. The molecule has 2 aromatic rings. The molecule has 0 bridgehead atoms. The highest BCUT2D eigenvalue weighted by Crippen LogP contribution is 2.33. The molecule has 0 spiro atoms. The maximum atomic E-state index is 8.95. The lowest BCUT2D eigenvalue weighted by Crippen LogP contribution is -1.82. The summed E-state index contributed by atoms with van der Waals surface area (Å²) in [5.74, 6) is 0. The first-order valence-corrected chi connectivity index (χ1v) is 7.08. The number of benzene rings is 1. The third-order valence-electron chi connectivity index (χ3n) is 2.25. The zero-order valence-electron chi connectivity index (χ0n) is 8.19. The average molecular weight is 254 g/mol. The Hall–Kier alpha value is -0.550. The highest BCUT2D eigenvalue weighted by atomic mass is 32.9. The Morgan fingerprint density at radius 1 is 1.20 bits per heavy atom. The van der Waals surface area contributed by atoms with Gasteiger partial charge in [0.2, 0.25) is 0 Å². The molecule has 0 atom stereocenters. The van der Waals surface area contributed by atoms with Gasteiger partial charge >= 0.3 is 0 Å². The van der Waals surface area contributed by atoms with E-state index in [1.165, 1.54) is 16.0 Å². The van der Waals surface area contributed by atoms with Gasteiger partial charge in [0.05, 0.1) is 11.5 Å². The van der Waals surface area contributed by atoms with Crippen molar-refractivity contribution < 1.29 is 5.11 Å². The van der Waals surface area contributed by atoms with E-state index in [1.54, 1.807) is 20.7 Å². The Kier molecular flexibility index (Phi) is 3.31. The average Bonchev–Trinajstić information content (AvgIpc) is 2.60. The van der Waals surface area contributed by atoms with Crippen molar-refractivity contribution in [1.29, 1.82) is 0 Å². The molecule has 1 aromatic heterocycles. The molecule has 78 valence electrons. The van der Waals surface area contributed by atoms with Crippen molar-refractivity contribution >= 4 is 32.9 Å². The van der Waals surface area contributed by atoms with Crippen LogP contribution in [-0.2, 0) is 6.61 Å². The van der Waals surface area contributed by atoms with E-state index in [-0.39, 0.29) is 6.61 Å². The first-order chi connectivity index (χ1) is 7.22. The standard InChI is InChI=1S/C11H10OS3/c1-7-10(14-15-11(7)13)9-4-2-8(6-12)3-5-9/h2-5,12H,6H2,1H3. The van der Waals surface area contributed by atoms with E-state index in [0.717, 1.165) is 9.39 Å². The van der Waals surface area contributed by atoms with Crippen LogP contribution < -0.4 is 0 Å². The smallest absolute Gasteiger partial charge is 0.105 e. The lowest BCUT2D eigenvalue weighted by atomic mass is 10.1. The van der Waals surface area contributed by atoms with E-state index in [2.05, 4.69) is 6.92 Å². The fourth-order valence-corrected chi connectivity index (χ4v) is 4.22. The second-order valence-electron chi connectivity index (χ2n) is 3.26. The first kappa shape index (κ1) is 11.0. The van der Waals surface area contributed by atoms with Crippen LogP contribution >= 0.6 is 32.9 Å². The van der Waals surface area contributed by atoms with E-state index in [0.29, 0.717) is 0 Å². The minimum absolute atomic E-state index is 0.0958. The van der Waals surface area contributed by atoms with Gasteiger partial charge in [-0.1, -0.05) is 57.2 Å². The lowest BCUT2D eigenvalue weighted by molar-refractivity contribution is 0.282. The zero-order chi connectivity index (χ0) is 10.8. The van der Waals surface area contributed by atoms with Gasteiger partial charge in [0.25, 0.3) is 0 Å². The topological polar surface area (TPSA) is 20.2 Å². The molecule has 15 heavy (non-hydrogen) atoms. The van der Waals surface area contributed by atoms with Crippen LogP contribution in [0.1, 0.15) is 11.1 Å². The summed E-state index contributed by atoms with van der Waals surface area (Å²) in [4.78, 5) is 1.24. The molecule has 1 nitrogen and oxygen atoms in total. The second-order valence-corrected chi connectivity index (χ2v) is 6.08. The molecule has 4 heteroatoms. The number of aliphatic hydroxyl groups excluding tert-OH is 1. The molecule has 0 saturated carbocycles. The van der Waals surface area contributed by atoms with Gasteiger partial charge in [-0.2, -0.15) is 0 Å². The van der Waals surface area contributed by atoms with Crippen LogP contribution in [0.2, 0.25) is 0 Å². The van der Waals surface area contributed by atoms with Gasteiger partial charge in [-0.25, -0.2) is 0 Å². The van der Waals surface area contributed by atoms with Crippen molar-refractivity contribution in [1.82, 2.24) is 0 Å². The fourth-order valence-electron chi connectivity index (χ4n) is 1.32. The summed E-state index contributed by atoms with van der Waals surface area (Å²) in [6, 6.07) is 7.96. The Labute approximate surface area is 101 Å². The van der Waals surface area contributed by atoms with Crippen LogP contribution in [0.3, 0.4) is 0 Å². The zero-order valence-corrected chi connectivity index (χ0v) is 10.6. The maximum Gasteiger partial charge on any atom is 0.105 e. The van der Waals surface area contributed by atoms with Gasteiger partial charge in [-0.3, -0.25) is 0 Å². The van der Waals surface area contributed by atoms with Crippen LogP contribution in [0, 0.1) is 10.7 Å². The molecule has 0 saturated heterocycles. The SMILES string of the molecule is Cc1c(-c2ccc(CO)cc2)ssc1=S. The molecule has 0 unspecified atom stereocenters. The van der Waals surface area contributed by atoms with Gasteiger partial charge in [-0.05, 0) is 23.6 Å². The number of hydrogen-bond donors (Lipinski definition) is 1. The summed E-state index contributed by atoms with van der Waals surface area (Å²) in [5.41, 5.74) is 3.31. The first-order valence-electron chi connectivity index (χ1n) is 4.52. The molecule has 2 rings (SSSR count). The Balaban J connectivity index is 2.46. The largest absolute Gasteiger partial charge is 0.392 e. The van der Waals surface area contributed by atoms with Gasteiger partial charge in [0.15, 0.2) is 0 Å².